The summed E-state index contributed by atoms with van der Waals surface area (Å²) < 4.78 is 93.8. The average molecular weight is 2010 g/mol. The molecule has 0 amide bonds. The van der Waals surface area contributed by atoms with Gasteiger partial charge in [-0.1, -0.05) is 177 Å². The maximum absolute atomic E-state index is 13.8. The summed E-state index contributed by atoms with van der Waals surface area (Å²) >= 11 is 0. The van der Waals surface area contributed by atoms with Crippen LogP contribution in [0.4, 0.5) is 0 Å². The molecule has 3 saturated carbocycles. The summed E-state index contributed by atoms with van der Waals surface area (Å²) in [6.45, 7) is 27.2. The van der Waals surface area contributed by atoms with Crippen LogP contribution >= 0.6 is 0 Å². The number of ether oxygens (including phenoxy) is 14. The van der Waals surface area contributed by atoms with E-state index in [1.807, 2.05) is 211 Å². The van der Waals surface area contributed by atoms with Crippen molar-refractivity contribution in [2.24, 2.45) is 102 Å². The monoisotopic (exact) mass is 2010 g/mol. The molecule has 36 atom stereocenters. The van der Waals surface area contributed by atoms with E-state index in [-0.39, 0.29) is 108 Å². The highest BCUT2D eigenvalue weighted by atomic mass is 16.6. The van der Waals surface area contributed by atoms with Gasteiger partial charge in [-0.05, 0) is 132 Å². The third kappa shape index (κ3) is 19.9. The molecule has 146 heavy (non-hydrogen) atoms. The van der Waals surface area contributed by atoms with E-state index in [0.717, 1.165) is 27.8 Å². The van der Waals surface area contributed by atoms with Crippen molar-refractivity contribution in [2.45, 2.75) is 269 Å². The molecule has 3 saturated heterocycles. The Kier molecular flexibility index (Phi) is 31.4. The molecule has 31 nitrogen and oxygen atoms in total. The standard InChI is InChI=1S/C42H48NO9.C41H49N2O9.C32H43NO9/c1-24-21-25(2)42-31(17-18-32-34(42)35(44)26(3)37(38(32)52-42)51-40(46)29-11-7-8-12-29)22-33(48-5)41(47)50-36(24)27(4)49-39(45)30-15-13-28(14-16-30)23-43-19-9-6-10-20-43;1-23-19-24(2)41-30(15-16-31-33(41)34(44)25(3)36(37(31)52-41)51-39(46)28-9-7-8-10-28)20-32(48-6)40(47)50-35(23)26(4)49-38(45)29-13-11-27(12-14-29)21-43-18-17-42(5)22-43;1-15(2)29(36)33-12-8-9-22(33)30(37)41-27-18(5)25(35)24-21-11-10-20-14-23(39-7)31(38)40-26(19(6)34)16(3)13-17(4)32(20,24)42-28(21)27/h6-11,13-21,24,26-27,31-38,44H,12,22-23H2,1-5H3;7-9,11-19,22-23,25-26,30-37,44H,10,20-21H2,1-6H3;8-13,15-16,18-21,23-28,34-35H,14H2,1-7H3/q2*+1;/b25-21+;24-19+;17-13+/t24-,26-,27-,31?,32-,33+,34+,35-,36+,37-,38-,42+;23-,25-,26-,30?,31-,32+,33+,34-,35+,36-,37-,41+;16-,18-,19?,20?,21-,23+,24+,25-,26+,27-,28-,32+/m111/s1. The van der Waals surface area contributed by atoms with Crippen LogP contribution in [-0.4, -0.2) is 231 Å². The Bertz CT molecular complexity index is 6040. The van der Waals surface area contributed by atoms with Crippen molar-refractivity contribution in [2.75, 3.05) is 21.3 Å². The van der Waals surface area contributed by atoms with Crippen molar-refractivity contribution >= 4 is 53.7 Å². The molecule has 8 aliphatic carbocycles. The van der Waals surface area contributed by atoms with Gasteiger partial charge < -0.3 is 86.7 Å². The molecule has 3 aromatic heterocycles. The molecule has 3 spiro atoms. The van der Waals surface area contributed by atoms with Crippen molar-refractivity contribution in [3.05, 3.63) is 263 Å². The van der Waals surface area contributed by atoms with Gasteiger partial charge in [0.05, 0.1) is 42.6 Å². The molecule has 14 aliphatic rings. The molecule has 4 unspecified atom stereocenters. The molecular formula is C115H140N4O27+2. The molecule has 19 rings (SSSR count). The lowest BCUT2D eigenvalue weighted by Crippen LogP contribution is -2.57. The fourth-order valence-corrected chi connectivity index (χ4v) is 25.9. The Labute approximate surface area is 852 Å². The number of methoxy groups -OCH3 is 3. The summed E-state index contributed by atoms with van der Waals surface area (Å²) in [5.41, 5.74) is 3.71. The number of cyclic esters (lactones) is 3. The molecular weight excluding hydrogens is 1870 g/mol. The molecule has 4 N–H and O–H groups in total. The summed E-state index contributed by atoms with van der Waals surface area (Å²) in [5.74, 6) is -9.94. The molecule has 12 bridgehead atoms. The molecule has 780 valence electrons. The van der Waals surface area contributed by atoms with Gasteiger partial charge in [0.2, 0.25) is 12.2 Å². The van der Waals surface area contributed by atoms with Crippen molar-refractivity contribution < 1.29 is 139 Å². The predicted octanol–water partition coefficient (Wildman–Crippen LogP) is 12.2. The second-order valence-corrected chi connectivity index (χ2v) is 42.8. The number of allylic oxidation sites excluding steroid dienone is 6. The second kappa shape index (κ2) is 43.4. The van der Waals surface area contributed by atoms with E-state index in [9.17, 15) is 63.6 Å². The van der Waals surface area contributed by atoms with E-state index in [0.29, 0.717) is 48.2 Å². The summed E-state index contributed by atoms with van der Waals surface area (Å²) in [6.07, 6.45) is 28.3. The zero-order chi connectivity index (χ0) is 104. The molecule has 31 heteroatoms. The maximum Gasteiger partial charge on any atom is 0.355 e. The lowest BCUT2D eigenvalue weighted by Gasteiger charge is -2.49. The number of hydrogen-bond acceptors (Lipinski definition) is 27. The third-order valence-corrected chi connectivity index (χ3v) is 33.4. The van der Waals surface area contributed by atoms with E-state index in [2.05, 4.69) is 24.3 Å². The van der Waals surface area contributed by atoms with Crippen LogP contribution < -0.4 is 9.13 Å². The minimum atomic E-state index is -1.00. The first-order valence-electron chi connectivity index (χ1n) is 51.4. The fraction of sp³-hybridized carbons (Fsp3) is 0.539. The highest BCUT2D eigenvalue weighted by Gasteiger charge is 2.73. The van der Waals surface area contributed by atoms with Crippen LogP contribution in [0.15, 0.2) is 235 Å². The van der Waals surface area contributed by atoms with Crippen LogP contribution in [0.1, 0.15) is 176 Å². The van der Waals surface area contributed by atoms with Crippen LogP contribution in [0.5, 0.6) is 0 Å². The minimum Gasteiger partial charge on any atom is -0.457 e. The summed E-state index contributed by atoms with van der Waals surface area (Å²) in [5, 5.41) is 46.3. The van der Waals surface area contributed by atoms with Gasteiger partial charge in [-0.15, -0.1) is 0 Å². The topological polar surface area (TPSA) is 381 Å². The van der Waals surface area contributed by atoms with E-state index >= 15 is 0 Å². The van der Waals surface area contributed by atoms with E-state index in [1.54, 1.807) is 89.4 Å². The van der Waals surface area contributed by atoms with Crippen molar-refractivity contribution in [1.82, 2.24) is 9.13 Å². The van der Waals surface area contributed by atoms with Crippen molar-refractivity contribution in [3.63, 3.8) is 0 Å². The molecule has 6 fully saturated rings. The Hall–Kier alpha value is -11.5. The van der Waals surface area contributed by atoms with E-state index < -0.39 is 192 Å². The van der Waals surface area contributed by atoms with Gasteiger partial charge in [0.25, 0.3) is 0 Å². The second-order valence-electron chi connectivity index (χ2n) is 42.8. The molecule has 9 heterocycles. The number of benzene rings is 2. The molecule has 5 aromatic rings. The maximum atomic E-state index is 13.8. The number of pyridine rings is 1. The van der Waals surface area contributed by atoms with Gasteiger partial charge in [0, 0.05) is 151 Å². The van der Waals surface area contributed by atoms with Crippen molar-refractivity contribution in [1.29, 1.82) is 0 Å². The van der Waals surface area contributed by atoms with Gasteiger partial charge in [0.15, 0.2) is 37.3 Å². The fourth-order valence-electron chi connectivity index (χ4n) is 25.9. The number of imidazole rings is 1. The molecule has 6 aliphatic heterocycles. The van der Waals surface area contributed by atoms with Crippen LogP contribution in [0, 0.1) is 94.7 Å². The highest BCUT2D eigenvalue weighted by molar-refractivity contribution is 5.95. The SMILES string of the molecule is CO[C@H]1CC2C=C[C@H]3[C@H]4O[C@]2(/C(C)=C/[C@@H](C)[C@@H](C(C)O)OC1=O)[C@@H]3[C@H](O)[C@@H](C)[C@H]4OC(=O)c1cccn1C(=O)C(C)C.CO[C@H]1CC2C=C[C@H]3[C@H]4O[C@]2(/C(C)=C/[C@@H](C)[C@@H]([C@@H](C)OC(=O)c2ccc(C[n+]5ccccc5)cc2)OC1=O)[C@@H]3[C@H](O)[C@@H](C)[C@H]4OC(=O)C1=CC=CC1.CO[C@H]1CC2C=C[C@H]3[C@H]4O[C@]2(/C(C)=C/[C@@H](C)[C@@H]([C@@H](C)OC(=O)c2ccc(Cn5cc[n+](C)c5)cc2)OC1=O)[C@@H]3[C@H](O)[C@@H](C)[C@H]4OC(=O)C1=CC=CC1. The Morgan fingerprint density at radius 1 is 0.473 bits per heavy atom. The first kappa shape index (κ1) is 106. The van der Waals surface area contributed by atoms with Gasteiger partial charge in [-0.2, -0.15) is 0 Å². The quantitative estimate of drug-likeness (QED) is 0.0229. The summed E-state index contributed by atoms with van der Waals surface area (Å²) in [6, 6.07) is 23.6. The lowest BCUT2D eigenvalue weighted by atomic mass is 9.57. The highest BCUT2D eigenvalue weighted by Crippen LogP contribution is 2.65. The largest absolute Gasteiger partial charge is 0.457 e. The van der Waals surface area contributed by atoms with E-state index in [4.69, 9.17) is 66.3 Å². The van der Waals surface area contributed by atoms with Gasteiger partial charge in [-0.25, -0.2) is 52.1 Å². The van der Waals surface area contributed by atoms with Gasteiger partial charge in [0.1, 0.15) is 109 Å². The summed E-state index contributed by atoms with van der Waals surface area (Å²) in [7, 11) is 6.35. The normalized spacial score (nSPS) is 37.9. The van der Waals surface area contributed by atoms with Gasteiger partial charge >= 0.3 is 47.8 Å². The smallest absolute Gasteiger partial charge is 0.355 e. The number of carbonyl (C=O) groups is 9. The van der Waals surface area contributed by atoms with Crippen LogP contribution in [-0.2, 0) is 110 Å². The number of rotatable bonds is 21. The Balaban J connectivity index is 0.000000151. The first-order valence-corrected chi connectivity index (χ1v) is 51.4. The zero-order valence-corrected chi connectivity index (χ0v) is 86.2. The minimum absolute atomic E-state index is 0.124. The van der Waals surface area contributed by atoms with Crippen LogP contribution in [0.25, 0.3) is 0 Å². The number of nitrogens with zero attached hydrogens (tertiary/aromatic N) is 4. The number of carbonyl (C=O) groups excluding carboxylic acids is 9. The molecule has 0 radical (unpaired) electrons. The average Bonchev–Trinajstić information content (AvgIpc) is 1.54. The Morgan fingerprint density at radius 2 is 0.856 bits per heavy atom. The van der Waals surface area contributed by atoms with Crippen molar-refractivity contribution in [3.8, 4) is 0 Å². The lowest BCUT2D eigenvalue weighted by molar-refractivity contribution is -0.688. The zero-order valence-electron chi connectivity index (χ0n) is 86.2. The number of aromatic nitrogens is 4. The predicted molar refractivity (Wildman–Crippen MR) is 529 cm³/mol. The number of hydrogen-bond donors (Lipinski definition) is 4. The summed E-state index contributed by atoms with van der Waals surface area (Å²) in [4.78, 5) is 120. The third-order valence-electron chi connectivity index (χ3n) is 33.4. The first-order chi connectivity index (χ1) is 69.7. The van der Waals surface area contributed by atoms with E-state index in [1.165, 1.54) is 25.9 Å². The number of aliphatic hydroxyl groups excluding tert-OH is 4. The molecule has 2 aromatic carbocycles. The number of esters is 8. The Morgan fingerprint density at radius 3 is 1.22 bits per heavy atom. The number of aryl methyl sites for hydroxylation is 1. The van der Waals surface area contributed by atoms with Gasteiger partial charge in [-0.3, -0.25) is 9.36 Å². The van der Waals surface area contributed by atoms with Crippen LogP contribution in [0.2, 0.25) is 0 Å². The van der Waals surface area contributed by atoms with Crippen LogP contribution in [0.3, 0.4) is 0 Å². The number of aliphatic hydroxyl groups is 4.